The first-order chi connectivity index (χ1) is 5.40. The zero-order valence-corrected chi connectivity index (χ0v) is 7.50. The molecule has 1 heterocycles. The van der Waals surface area contributed by atoms with Gasteiger partial charge in [0.1, 0.15) is 0 Å². The lowest BCUT2D eigenvalue weighted by atomic mass is 10.0. The lowest BCUT2D eigenvalue weighted by Gasteiger charge is -2.06. The quantitative estimate of drug-likeness (QED) is 0.694. The number of anilines is 1. The van der Waals surface area contributed by atoms with Crippen molar-refractivity contribution in [2.45, 2.75) is 25.7 Å². The standard InChI is InChI=1S/C8H12N2S/c1-9-8-10-6-4-2-3-5-7(6)11-8/h2-5H2,1H3,(H,9,10). The molecule has 11 heavy (non-hydrogen) atoms. The lowest BCUT2D eigenvalue weighted by Crippen LogP contribution is -1.99. The largest absolute Gasteiger partial charge is 0.365 e. The van der Waals surface area contributed by atoms with E-state index in [-0.39, 0.29) is 0 Å². The Morgan fingerprint density at radius 3 is 2.91 bits per heavy atom. The summed E-state index contributed by atoms with van der Waals surface area (Å²) in [5.41, 5.74) is 1.34. The summed E-state index contributed by atoms with van der Waals surface area (Å²) in [5, 5.41) is 4.17. The summed E-state index contributed by atoms with van der Waals surface area (Å²) < 4.78 is 0. The number of aryl methyl sites for hydroxylation is 2. The van der Waals surface area contributed by atoms with Crippen LogP contribution in [0.25, 0.3) is 0 Å². The van der Waals surface area contributed by atoms with Crippen molar-refractivity contribution in [2.75, 3.05) is 12.4 Å². The minimum atomic E-state index is 1.08. The number of aromatic nitrogens is 1. The maximum Gasteiger partial charge on any atom is 0.182 e. The lowest BCUT2D eigenvalue weighted by molar-refractivity contribution is 0.682. The molecule has 2 rings (SSSR count). The molecule has 1 N–H and O–H groups in total. The molecule has 0 fully saturated rings. The number of rotatable bonds is 1. The highest BCUT2D eigenvalue weighted by atomic mass is 32.1. The van der Waals surface area contributed by atoms with Crippen LogP contribution in [0.4, 0.5) is 5.13 Å². The second-order valence-corrected chi connectivity index (χ2v) is 3.93. The number of hydrogen-bond donors (Lipinski definition) is 1. The van der Waals surface area contributed by atoms with Gasteiger partial charge in [0.05, 0.1) is 5.69 Å². The molecule has 0 atom stereocenters. The number of nitrogens with one attached hydrogen (secondary N) is 1. The first-order valence-corrected chi connectivity index (χ1v) is 4.88. The van der Waals surface area contributed by atoms with Crippen LogP contribution in [0.1, 0.15) is 23.4 Å². The number of fused-ring (bicyclic) bond motifs is 1. The van der Waals surface area contributed by atoms with E-state index in [1.807, 2.05) is 18.4 Å². The molecule has 60 valence electrons. The third kappa shape index (κ3) is 1.25. The summed E-state index contributed by atoms with van der Waals surface area (Å²) in [7, 11) is 1.93. The zero-order valence-electron chi connectivity index (χ0n) is 6.68. The van der Waals surface area contributed by atoms with Gasteiger partial charge in [0, 0.05) is 11.9 Å². The molecular formula is C8H12N2S. The highest BCUT2D eigenvalue weighted by Gasteiger charge is 2.13. The summed E-state index contributed by atoms with van der Waals surface area (Å²) >= 11 is 1.81. The highest BCUT2D eigenvalue weighted by Crippen LogP contribution is 2.28. The fraction of sp³-hybridized carbons (Fsp3) is 0.625. The number of hydrogen-bond acceptors (Lipinski definition) is 3. The van der Waals surface area contributed by atoms with Gasteiger partial charge < -0.3 is 5.32 Å². The van der Waals surface area contributed by atoms with Gasteiger partial charge in [-0.1, -0.05) is 0 Å². The molecule has 0 unspecified atom stereocenters. The van der Waals surface area contributed by atoms with Gasteiger partial charge in [-0.2, -0.15) is 0 Å². The summed E-state index contributed by atoms with van der Waals surface area (Å²) in [6, 6.07) is 0. The van der Waals surface area contributed by atoms with E-state index in [1.54, 1.807) is 0 Å². The molecule has 3 heteroatoms. The number of thiazole rings is 1. The highest BCUT2D eigenvalue weighted by molar-refractivity contribution is 7.15. The van der Waals surface area contributed by atoms with Crippen LogP contribution in [-0.2, 0) is 12.8 Å². The summed E-state index contributed by atoms with van der Waals surface area (Å²) in [4.78, 5) is 5.98. The van der Waals surface area contributed by atoms with Crippen molar-refractivity contribution in [1.29, 1.82) is 0 Å². The van der Waals surface area contributed by atoms with Gasteiger partial charge in [-0.15, -0.1) is 11.3 Å². The van der Waals surface area contributed by atoms with Gasteiger partial charge in [-0.05, 0) is 25.7 Å². The average Bonchev–Trinajstić information content (AvgIpc) is 2.46. The Hall–Kier alpha value is -0.570. The van der Waals surface area contributed by atoms with E-state index in [2.05, 4.69) is 10.3 Å². The molecule has 0 bridgehead atoms. The van der Waals surface area contributed by atoms with Crippen LogP contribution in [0, 0.1) is 0 Å². The minimum absolute atomic E-state index is 1.08. The molecule has 0 saturated carbocycles. The Labute approximate surface area is 70.7 Å². The molecule has 1 aromatic rings. The minimum Gasteiger partial charge on any atom is -0.365 e. The Morgan fingerprint density at radius 1 is 1.36 bits per heavy atom. The van der Waals surface area contributed by atoms with Crippen LogP contribution in [-0.4, -0.2) is 12.0 Å². The number of nitrogens with zero attached hydrogens (tertiary/aromatic N) is 1. The Morgan fingerprint density at radius 2 is 2.18 bits per heavy atom. The first kappa shape index (κ1) is 7.10. The van der Waals surface area contributed by atoms with Gasteiger partial charge in [0.25, 0.3) is 0 Å². The van der Waals surface area contributed by atoms with E-state index in [0.717, 1.165) is 5.13 Å². The summed E-state index contributed by atoms with van der Waals surface area (Å²) in [5.74, 6) is 0. The van der Waals surface area contributed by atoms with Crippen LogP contribution >= 0.6 is 11.3 Å². The molecule has 0 amide bonds. The van der Waals surface area contributed by atoms with E-state index in [9.17, 15) is 0 Å². The first-order valence-electron chi connectivity index (χ1n) is 4.06. The van der Waals surface area contributed by atoms with Crippen LogP contribution in [0.5, 0.6) is 0 Å². The van der Waals surface area contributed by atoms with Gasteiger partial charge in [-0.25, -0.2) is 4.98 Å². The van der Waals surface area contributed by atoms with Crippen molar-refractivity contribution in [3.63, 3.8) is 0 Å². The Balaban J connectivity index is 2.32. The van der Waals surface area contributed by atoms with E-state index in [1.165, 1.54) is 36.3 Å². The van der Waals surface area contributed by atoms with E-state index in [0.29, 0.717) is 0 Å². The molecular weight excluding hydrogens is 156 g/mol. The fourth-order valence-corrected chi connectivity index (χ4v) is 2.46. The zero-order chi connectivity index (χ0) is 7.68. The van der Waals surface area contributed by atoms with E-state index in [4.69, 9.17) is 0 Å². The molecule has 1 aliphatic carbocycles. The normalized spacial score (nSPS) is 16.1. The average molecular weight is 168 g/mol. The maximum absolute atomic E-state index is 4.48. The molecule has 0 aliphatic heterocycles. The molecule has 0 saturated heterocycles. The molecule has 1 aliphatic rings. The Bertz CT molecular complexity index is 231. The van der Waals surface area contributed by atoms with E-state index >= 15 is 0 Å². The molecule has 0 aromatic carbocycles. The monoisotopic (exact) mass is 168 g/mol. The van der Waals surface area contributed by atoms with Crippen molar-refractivity contribution in [2.24, 2.45) is 0 Å². The smallest absolute Gasteiger partial charge is 0.182 e. The van der Waals surface area contributed by atoms with Crippen LogP contribution in [0.15, 0.2) is 0 Å². The maximum atomic E-state index is 4.48. The molecule has 0 spiro atoms. The summed E-state index contributed by atoms with van der Waals surface area (Å²) in [6.45, 7) is 0. The van der Waals surface area contributed by atoms with Crippen LogP contribution < -0.4 is 5.32 Å². The third-order valence-electron chi connectivity index (χ3n) is 2.06. The second kappa shape index (κ2) is 2.81. The van der Waals surface area contributed by atoms with Crippen molar-refractivity contribution in [3.05, 3.63) is 10.6 Å². The third-order valence-corrected chi connectivity index (χ3v) is 3.23. The topological polar surface area (TPSA) is 24.9 Å². The van der Waals surface area contributed by atoms with Crippen LogP contribution in [0.2, 0.25) is 0 Å². The fourth-order valence-electron chi connectivity index (χ4n) is 1.46. The van der Waals surface area contributed by atoms with Gasteiger partial charge in [-0.3, -0.25) is 0 Å². The molecule has 2 nitrogen and oxygen atoms in total. The van der Waals surface area contributed by atoms with Gasteiger partial charge in [0.15, 0.2) is 5.13 Å². The van der Waals surface area contributed by atoms with E-state index < -0.39 is 0 Å². The van der Waals surface area contributed by atoms with Gasteiger partial charge >= 0.3 is 0 Å². The Kier molecular flexibility index (Phi) is 1.82. The van der Waals surface area contributed by atoms with Crippen molar-refractivity contribution >= 4 is 16.5 Å². The van der Waals surface area contributed by atoms with Gasteiger partial charge in [0.2, 0.25) is 0 Å². The van der Waals surface area contributed by atoms with Crippen molar-refractivity contribution in [1.82, 2.24) is 4.98 Å². The molecule has 0 radical (unpaired) electrons. The molecule has 1 aromatic heterocycles. The van der Waals surface area contributed by atoms with Crippen molar-refractivity contribution < 1.29 is 0 Å². The predicted octanol–water partition coefficient (Wildman–Crippen LogP) is 2.06. The second-order valence-electron chi connectivity index (χ2n) is 2.85. The van der Waals surface area contributed by atoms with Crippen molar-refractivity contribution in [3.8, 4) is 0 Å². The predicted molar refractivity (Wildman–Crippen MR) is 48.3 cm³/mol. The van der Waals surface area contributed by atoms with Crippen LogP contribution in [0.3, 0.4) is 0 Å². The summed E-state index contributed by atoms with van der Waals surface area (Å²) in [6.07, 6.45) is 5.10. The SMILES string of the molecule is CNc1nc2c(s1)CCCC2.